The van der Waals surface area contributed by atoms with Crippen molar-refractivity contribution < 1.29 is 13.2 Å². The zero-order valence-corrected chi connectivity index (χ0v) is 12.9. The fourth-order valence-electron chi connectivity index (χ4n) is 2.84. The van der Waals surface area contributed by atoms with Crippen molar-refractivity contribution in [1.82, 2.24) is 9.55 Å². The van der Waals surface area contributed by atoms with E-state index in [9.17, 15) is 8.42 Å². The highest BCUT2D eigenvalue weighted by atomic mass is 32.2. The van der Waals surface area contributed by atoms with Crippen LogP contribution in [-0.4, -0.2) is 30.3 Å². The number of sulfone groups is 1. The smallest absolute Gasteiger partial charge is 0.296 e. The molecule has 1 unspecified atom stereocenters. The molecule has 1 aromatic carbocycles. The molecule has 0 saturated carbocycles. The van der Waals surface area contributed by atoms with Crippen LogP contribution in [0, 0.1) is 0 Å². The first kappa shape index (κ1) is 14.1. The predicted molar refractivity (Wildman–Crippen MR) is 80.0 cm³/mol. The summed E-state index contributed by atoms with van der Waals surface area (Å²) >= 11 is 0. The topological polar surface area (TPSA) is 61.2 Å². The zero-order chi connectivity index (χ0) is 15.0. The normalized spacial score (nSPS) is 21.8. The second kappa shape index (κ2) is 5.18. The van der Waals surface area contributed by atoms with Gasteiger partial charge < -0.3 is 9.30 Å². The molecule has 1 aliphatic carbocycles. The van der Waals surface area contributed by atoms with Crippen LogP contribution in [0.25, 0.3) is 0 Å². The summed E-state index contributed by atoms with van der Waals surface area (Å²) in [5, 5.41) is -0.507. The largest absolute Gasteiger partial charge is 0.461 e. The van der Waals surface area contributed by atoms with E-state index in [1.165, 1.54) is 6.26 Å². The van der Waals surface area contributed by atoms with Gasteiger partial charge in [-0.15, -0.1) is 0 Å². The molecular weight excluding hydrogens is 288 g/mol. The Bertz CT molecular complexity index is 752. The first-order chi connectivity index (χ1) is 9.95. The molecule has 5 nitrogen and oxygen atoms in total. The number of aryl methyl sites for hydroxylation is 1. The van der Waals surface area contributed by atoms with Crippen molar-refractivity contribution in [2.75, 3.05) is 6.26 Å². The van der Waals surface area contributed by atoms with Crippen molar-refractivity contribution in [3.8, 4) is 6.01 Å². The molecular formula is C15H18N2O3S. The van der Waals surface area contributed by atoms with E-state index in [-0.39, 0.29) is 6.10 Å². The fraction of sp³-hybridized carbons (Fsp3) is 0.400. The van der Waals surface area contributed by atoms with Crippen molar-refractivity contribution in [3.63, 3.8) is 0 Å². The molecule has 3 rings (SSSR count). The summed E-state index contributed by atoms with van der Waals surface area (Å²) in [6, 6.07) is 8.21. The number of imidazole rings is 1. The van der Waals surface area contributed by atoms with Gasteiger partial charge in [0, 0.05) is 38.5 Å². The van der Waals surface area contributed by atoms with E-state index in [1.807, 2.05) is 31.3 Å². The van der Waals surface area contributed by atoms with Gasteiger partial charge in [-0.3, -0.25) is 0 Å². The average Bonchev–Trinajstić information content (AvgIpc) is 2.82. The summed E-state index contributed by atoms with van der Waals surface area (Å²) < 4.78 is 31.9. The number of hydrogen-bond acceptors (Lipinski definition) is 4. The molecule has 1 heterocycles. The fourth-order valence-corrected chi connectivity index (χ4v) is 4.09. The van der Waals surface area contributed by atoms with Crippen LogP contribution in [0.5, 0.6) is 6.01 Å². The Balaban J connectivity index is 1.92. The van der Waals surface area contributed by atoms with E-state index in [2.05, 4.69) is 4.98 Å². The van der Waals surface area contributed by atoms with E-state index in [1.54, 1.807) is 17.0 Å². The molecule has 0 spiro atoms. The zero-order valence-electron chi connectivity index (χ0n) is 12.1. The first-order valence-corrected chi connectivity index (χ1v) is 8.81. The third-order valence-electron chi connectivity index (χ3n) is 3.89. The van der Waals surface area contributed by atoms with E-state index in [0.717, 1.165) is 11.1 Å². The maximum absolute atomic E-state index is 12.1. The van der Waals surface area contributed by atoms with Crippen LogP contribution in [0.4, 0.5) is 0 Å². The predicted octanol–water partition coefficient (Wildman–Crippen LogP) is 1.90. The van der Waals surface area contributed by atoms with Crippen molar-refractivity contribution in [2.45, 2.75) is 24.2 Å². The van der Waals surface area contributed by atoms with E-state index < -0.39 is 15.1 Å². The van der Waals surface area contributed by atoms with Gasteiger partial charge in [0.05, 0.1) is 5.25 Å². The number of aromatic nitrogens is 2. The molecule has 6 heteroatoms. The first-order valence-electron chi connectivity index (χ1n) is 6.86. The molecule has 0 N–H and O–H groups in total. The van der Waals surface area contributed by atoms with Gasteiger partial charge in [0.15, 0.2) is 9.84 Å². The van der Waals surface area contributed by atoms with Gasteiger partial charge in [-0.25, -0.2) is 13.4 Å². The summed E-state index contributed by atoms with van der Waals surface area (Å²) in [4.78, 5) is 4.14. The molecule has 0 saturated heterocycles. The lowest BCUT2D eigenvalue weighted by molar-refractivity contribution is 0.162. The Morgan fingerprint density at radius 3 is 2.76 bits per heavy atom. The minimum Gasteiger partial charge on any atom is -0.461 e. The molecule has 112 valence electrons. The molecule has 0 amide bonds. The lowest BCUT2D eigenvalue weighted by Crippen LogP contribution is -2.31. The Labute approximate surface area is 124 Å². The lowest BCUT2D eigenvalue weighted by atomic mass is 9.89. The van der Waals surface area contributed by atoms with Crippen LogP contribution >= 0.6 is 0 Å². The molecule has 0 bridgehead atoms. The number of rotatable bonds is 3. The Kier molecular flexibility index (Phi) is 3.49. The maximum atomic E-state index is 12.1. The van der Waals surface area contributed by atoms with E-state index in [0.29, 0.717) is 18.9 Å². The van der Waals surface area contributed by atoms with Crippen LogP contribution in [0.3, 0.4) is 0 Å². The minimum absolute atomic E-state index is 0.180. The van der Waals surface area contributed by atoms with Crippen molar-refractivity contribution in [1.29, 1.82) is 0 Å². The van der Waals surface area contributed by atoms with Crippen LogP contribution in [0.2, 0.25) is 0 Å². The van der Waals surface area contributed by atoms with Gasteiger partial charge in [0.25, 0.3) is 6.01 Å². The number of benzene rings is 1. The standard InChI is InChI=1S/C15H18N2O3S/c1-17-8-7-16-15(17)20-12-9-11-5-3-4-6-13(11)14(10-12)21(2,18)19/h3-8,12,14H,9-10H2,1-2H3/t12-,14?/m1/s1. The van der Waals surface area contributed by atoms with Gasteiger partial charge >= 0.3 is 0 Å². The summed E-state index contributed by atoms with van der Waals surface area (Å²) in [6.07, 6.45) is 5.75. The highest BCUT2D eigenvalue weighted by Gasteiger charge is 2.34. The van der Waals surface area contributed by atoms with E-state index in [4.69, 9.17) is 4.74 Å². The molecule has 0 aliphatic heterocycles. The lowest BCUT2D eigenvalue weighted by Gasteiger charge is -2.30. The van der Waals surface area contributed by atoms with Gasteiger partial charge in [0.2, 0.25) is 0 Å². The average molecular weight is 306 g/mol. The van der Waals surface area contributed by atoms with Crippen LogP contribution < -0.4 is 4.74 Å². The monoisotopic (exact) mass is 306 g/mol. The molecule has 2 aromatic rings. The third-order valence-corrected chi connectivity index (χ3v) is 5.37. The van der Waals surface area contributed by atoms with Crippen molar-refractivity contribution >= 4 is 9.84 Å². The van der Waals surface area contributed by atoms with Crippen LogP contribution in [0.1, 0.15) is 22.8 Å². The van der Waals surface area contributed by atoms with E-state index >= 15 is 0 Å². The molecule has 0 radical (unpaired) electrons. The van der Waals surface area contributed by atoms with Gasteiger partial charge in [-0.2, -0.15) is 0 Å². The highest BCUT2D eigenvalue weighted by molar-refractivity contribution is 7.90. The van der Waals surface area contributed by atoms with Crippen LogP contribution in [0.15, 0.2) is 36.7 Å². The Morgan fingerprint density at radius 1 is 1.33 bits per heavy atom. The van der Waals surface area contributed by atoms with Gasteiger partial charge in [-0.05, 0) is 11.1 Å². The van der Waals surface area contributed by atoms with Crippen molar-refractivity contribution in [3.05, 3.63) is 47.8 Å². The highest BCUT2D eigenvalue weighted by Crippen LogP contribution is 2.36. The summed E-state index contributed by atoms with van der Waals surface area (Å²) in [5.41, 5.74) is 1.94. The third kappa shape index (κ3) is 2.81. The summed E-state index contributed by atoms with van der Waals surface area (Å²) in [6.45, 7) is 0. The van der Waals surface area contributed by atoms with Gasteiger partial charge in [0.1, 0.15) is 6.10 Å². The molecule has 0 fully saturated rings. The number of nitrogens with zero attached hydrogens (tertiary/aromatic N) is 2. The van der Waals surface area contributed by atoms with Crippen molar-refractivity contribution in [2.24, 2.45) is 7.05 Å². The number of hydrogen-bond donors (Lipinski definition) is 0. The van der Waals surface area contributed by atoms with Crippen LogP contribution in [-0.2, 0) is 23.3 Å². The maximum Gasteiger partial charge on any atom is 0.296 e. The number of ether oxygens (including phenoxy) is 1. The van der Waals surface area contributed by atoms with Gasteiger partial charge in [-0.1, -0.05) is 24.3 Å². The minimum atomic E-state index is -3.17. The second-order valence-electron chi connectivity index (χ2n) is 5.52. The summed E-state index contributed by atoms with van der Waals surface area (Å²) in [7, 11) is -1.31. The Hall–Kier alpha value is -1.82. The quantitative estimate of drug-likeness (QED) is 0.869. The SMILES string of the molecule is Cn1ccnc1O[C@@H]1Cc2ccccc2C(S(C)(=O)=O)C1. The summed E-state index contributed by atoms with van der Waals surface area (Å²) in [5.74, 6) is 0. The molecule has 21 heavy (non-hydrogen) atoms. The molecule has 2 atom stereocenters. The molecule has 1 aliphatic rings. The Morgan fingerprint density at radius 2 is 2.10 bits per heavy atom. The number of fused-ring (bicyclic) bond motifs is 1. The second-order valence-corrected chi connectivity index (χ2v) is 7.75. The molecule has 1 aromatic heterocycles.